The quantitative estimate of drug-likeness (QED) is 0.346. The summed E-state index contributed by atoms with van der Waals surface area (Å²) >= 11 is 18.7. The summed E-state index contributed by atoms with van der Waals surface area (Å²) < 4.78 is 0. The van der Waals surface area contributed by atoms with E-state index in [9.17, 15) is 9.90 Å². The molecule has 2 atom stereocenters. The fraction of sp³-hybridized carbons (Fsp3) is 0.269. The molecule has 0 aromatic heterocycles. The zero-order valence-electron chi connectivity index (χ0n) is 18.5. The third kappa shape index (κ3) is 4.22. The van der Waals surface area contributed by atoms with Crippen molar-refractivity contribution >= 4 is 52.2 Å². The maximum atomic E-state index is 12.8. The van der Waals surface area contributed by atoms with Crippen molar-refractivity contribution in [3.8, 4) is 5.75 Å². The van der Waals surface area contributed by atoms with Gasteiger partial charge >= 0.3 is 6.03 Å². The lowest BCUT2D eigenvalue weighted by atomic mass is 9.74. The molecule has 34 heavy (non-hydrogen) atoms. The lowest BCUT2D eigenvalue weighted by Crippen LogP contribution is -2.40. The zero-order chi connectivity index (χ0) is 24.0. The van der Waals surface area contributed by atoms with Crippen LogP contribution in [0, 0.1) is 0 Å². The number of carbonyl (C=O) groups excluding carboxylic acids is 1. The SMILES string of the molecule is CN1CCc2cc(Cl)c(O)cc2[C@H]2c3cccc(NC(=O)Nc4c(Cl)cccc4Cl)c3CC[C@@H]21. The molecule has 5 rings (SSSR count). The number of likely N-dealkylation sites (N-methyl/N-ethyl adjacent to an activating group) is 1. The van der Waals surface area contributed by atoms with Crippen LogP contribution in [0.1, 0.15) is 34.6 Å². The highest BCUT2D eigenvalue weighted by Crippen LogP contribution is 2.46. The minimum absolute atomic E-state index is 0.0669. The van der Waals surface area contributed by atoms with Gasteiger partial charge in [-0.2, -0.15) is 0 Å². The number of rotatable bonds is 2. The van der Waals surface area contributed by atoms with Crippen molar-refractivity contribution in [2.45, 2.75) is 31.2 Å². The van der Waals surface area contributed by atoms with E-state index in [2.05, 4.69) is 28.6 Å². The van der Waals surface area contributed by atoms with E-state index in [1.54, 1.807) is 18.2 Å². The lowest BCUT2D eigenvalue weighted by Gasteiger charge is -2.39. The van der Waals surface area contributed by atoms with Gasteiger partial charge in [-0.25, -0.2) is 4.79 Å². The second kappa shape index (κ2) is 9.31. The second-order valence-electron chi connectivity index (χ2n) is 8.87. The average Bonchev–Trinajstić information content (AvgIpc) is 2.94. The topological polar surface area (TPSA) is 64.6 Å². The molecule has 0 fully saturated rings. The molecule has 1 heterocycles. The van der Waals surface area contributed by atoms with Crippen LogP contribution in [-0.4, -0.2) is 35.7 Å². The smallest absolute Gasteiger partial charge is 0.323 e. The van der Waals surface area contributed by atoms with Crippen LogP contribution in [-0.2, 0) is 12.8 Å². The Balaban J connectivity index is 1.51. The number of phenols is 1. The van der Waals surface area contributed by atoms with Gasteiger partial charge in [0.25, 0.3) is 0 Å². The Hall–Kier alpha value is -2.44. The highest BCUT2D eigenvalue weighted by molar-refractivity contribution is 6.39. The van der Waals surface area contributed by atoms with E-state index in [1.165, 1.54) is 0 Å². The van der Waals surface area contributed by atoms with Crippen LogP contribution in [0.2, 0.25) is 15.1 Å². The van der Waals surface area contributed by atoms with Crippen LogP contribution in [0.25, 0.3) is 0 Å². The van der Waals surface area contributed by atoms with E-state index >= 15 is 0 Å². The van der Waals surface area contributed by atoms with E-state index in [1.807, 2.05) is 24.3 Å². The van der Waals surface area contributed by atoms with Crippen LogP contribution in [0.4, 0.5) is 16.2 Å². The van der Waals surface area contributed by atoms with Crippen LogP contribution in [0.5, 0.6) is 5.75 Å². The number of fused-ring (bicyclic) bond motifs is 5. The Kier molecular flexibility index (Phi) is 6.38. The van der Waals surface area contributed by atoms with Gasteiger partial charge in [0.05, 0.1) is 20.8 Å². The Labute approximate surface area is 213 Å². The molecule has 8 heteroatoms. The molecule has 0 radical (unpaired) electrons. The van der Waals surface area contributed by atoms with E-state index < -0.39 is 6.03 Å². The largest absolute Gasteiger partial charge is 0.506 e. The van der Waals surface area contributed by atoms with E-state index in [0.717, 1.165) is 53.7 Å². The summed E-state index contributed by atoms with van der Waals surface area (Å²) in [6.07, 6.45) is 2.64. The van der Waals surface area contributed by atoms with Gasteiger partial charge in [0.1, 0.15) is 5.75 Å². The highest BCUT2D eigenvalue weighted by atomic mass is 35.5. The summed E-state index contributed by atoms with van der Waals surface area (Å²) in [5.41, 5.74) is 5.63. The van der Waals surface area contributed by atoms with Crippen LogP contribution >= 0.6 is 34.8 Å². The first kappa shape index (κ1) is 23.3. The van der Waals surface area contributed by atoms with Crippen LogP contribution < -0.4 is 10.6 Å². The molecule has 1 aliphatic carbocycles. The van der Waals surface area contributed by atoms with Crippen LogP contribution in [0.15, 0.2) is 48.5 Å². The van der Waals surface area contributed by atoms with Gasteiger partial charge in [0.15, 0.2) is 0 Å². The number of nitrogens with one attached hydrogen (secondary N) is 2. The van der Waals surface area contributed by atoms with Crippen LogP contribution in [0.3, 0.4) is 0 Å². The first-order valence-electron chi connectivity index (χ1n) is 11.2. The Bertz CT molecular complexity index is 1260. The summed E-state index contributed by atoms with van der Waals surface area (Å²) in [6.45, 7) is 0.920. The number of halogens is 3. The summed E-state index contributed by atoms with van der Waals surface area (Å²) in [5, 5.41) is 17.3. The normalized spacial score (nSPS) is 19.4. The van der Waals surface area contributed by atoms with E-state index in [4.69, 9.17) is 34.8 Å². The summed E-state index contributed by atoms with van der Waals surface area (Å²) in [5.74, 6) is 0.165. The third-order valence-corrected chi connectivity index (χ3v) is 7.85. The van der Waals surface area contributed by atoms with Gasteiger partial charge in [-0.1, -0.05) is 53.0 Å². The van der Waals surface area contributed by atoms with Crippen molar-refractivity contribution < 1.29 is 9.90 Å². The Morgan fingerprint density at radius 1 is 0.971 bits per heavy atom. The maximum absolute atomic E-state index is 12.8. The van der Waals surface area contributed by atoms with Gasteiger partial charge < -0.3 is 20.6 Å². The molecule has 1 aliphatic heterocycles. The number of amides is 2. The minimum atomic E-state index is -0.409. The molecule has 3 aromatic rings. The number of carbonyl (C=O) groups is 1. The number of phenolic OH excluding ortho intramolecular Hbond substituents is 1. The maximum Gasteiger partial charge on any atom is 0.323 e. The molecule has 0 unspecified atom stereocenters. The monoisotopic (exact) mass is 515 g/mol. The third-order valence-electron chi connectivity index (χ3n) is 6.92. The number of nitrogens with zero attached hydrogens (tertiary/aromatic N) is 1. The fourth-order valence-corrected chi connectivity index (χ4v) is 5.96. The number of para-hydroxylation sites is 1. The Morgan fingerprint density at radius 3 is 2.47 bits per heavy atom. The molecule has 2 aliphatic rings. The van der Waals surface area contributed by atoms with Crippen molar-refractivity contribution in [3.63, 3.8) is 0 Å². The van der Waals surface area contributed by atoms with Crippen molar-refractivity contribution in [2.75, 3.05) is 24.2 Å². The molecule has 3 aromatic carbocycles. The summed E-state index contributed by atoms with van der Waals surface area (Å²) in [7, 11) is 2.15. The number of aromatic hydroxyl groups is 1. The number of hydrogen-bond donors (Lipinski definition) is 3. The second-order valence-corrected chi connectivity index (χ2v) is 10.1. The molecule has 0 spiro atoms. The molecule has 0 bridgehead atoms. The van der Waals surface area contributed by atoms with E-state index in [0.29, 0.717) is 26.8 Å². The summed E-state index contributed by atoms with van der Waals surface area (Å²) in [6, 6.07) is 14.7. The first-order chi connectivity index (χ1) is 16.3. The van der Waals surface area contributed by atoms with Crippen molar-refractivity contribution in [1.82, 2.24) is 4.90 Å². The summed E-state index contributed by atoms with van der Waals surface area (Å²) in [4.78, 5) is 15.2. The minimum Gasteiger partial charge on any atom is -0.506 e. The van der Waals surface area contributed by atoms with Crippen molar-refractivity contribution in [3.05, 3.63) is 85.9 Å². The van der Waals surface area contributed by atoms with E-state index in [-0.39, 0.29) is 11.7 Å². The standard InChI is InChI=1S/C26H24Cl3N3O2/c1-32-11-10-14-12-20(29)23(33)13-17(14)24-16-4-2-7-21(15(16)8-9-22(24)32)30-26(34)31-25-18(27)5-3-6-19(25)28/h2-7,12-13,22,24,33H,8-11H2,1H3,(H2,30,31,34)/t22-,24+/m0/s1. The Morgan fingerprint density at radius 2 is 1.71 bits per heavy atom. The lowest BCUT2D eigenvalue weighted by molar-refractivity contribution is 0.214. The van der Waals surface area contributed by atoms with Gasteiger partial charge in [0.2, 0.25) is 0 Å². The zero-order valence-corrected chi connectivity index (χ0v) is 20.8. The average molecular weight is 517 g/mol. The molecule has 176 valence electrons. The molecule has 0 saturated heterocycles. The van der Waals surface area contributed by atoms with Crippen molar-refractivity contribution in [1.29, 1.82) is 0 Å². The molecule has 0 saturated carbocycles. The first-order valence-corrected chi connectivity index (χ1v) is 12.3. The van der Waals surface area contributed by atoms with Crippen molar-refractivity contribution in [2.24, 2.45) is 0 Å². The predicted octanol–water partition coefficient (Wildman–Crippen LogP) is 6.93. The van der Waals surface area contributed by atoms with Gasteiger partial charge in [-0.05, 0) is 78.9 Å². The molecule has 2 amide bonds. The highest BCUT2D eigenvalue weighted by Gasteiger charge is 2.37. The van der Waals surface area contributed by atoms with Gasteiger partial charge in [0, 0.05) is 24.2 Å². The van der Waals surface area contributed by atoms with Gasteiger partial charge in [-0.15, -0.1) is 0 Å². The number of anilines is 2. The predicted molar refractivity (Wildman–Crippen MR) is 139 cm³/mol. The molecular formula is C26H24Cl3N3O2. The number of benzene rings is 3. The molecular weight excluding hydrogens is 493 g/mol. The number of urea groups is 1. The number of hydrogen-bond acceptors (Lipinski definition) is 3. The molecule has 3 N–H and O–H groups in total. The van der Waals surface area contributed by atoms with Gasteiger partial charge in [-0.3, -0.25) is 0 Å². The fourth-order valence-electron chi connectivity index (χ4n) is 5.28. The molecule has 5 nitrogen and oxygen atoms in total.